The van der Waals surface area contributed by atoms with E-state index in [2.05, 4.69) is 28.1 Å². The lowest BCUT2D eigenvalue weighted by atomic mass is 9.92. The highest BCUT2D eigenvalue weighted by atomic mass is 32.1. The van der Waals surface area contributed by atoms with Crippen LogP contribution in [0.3, 0.4) is 0 Å². The van der Waals surface area contributed by atoms with Gasteiger partial charge in [0, 0.05) is 13.1 Å². The lowest BCUT2D eigenvalue weighted by Crippen LogP contribution is -2.38. The van der Waals surface area contributed by atoms with E-state index in [1.807, 2.05) is 0 Å². The molecule has 6 heteroatoms. The first kappa shape index (κ1) is 12.4. The smallest absolute Gasteiger partial charge is 0.366 e. The molecule has 0 radical (unpaired) electrons. The van der Waals surface area contributed by atoms with E-state index in [0.29, 0.717) is 24.2 Å². The zero-order chi connectivity index (χ0) is 12.4. The molecule has 0 spiro atoms. The quantitative estimate of drug-likeness (QED) is 0.890. The van der Waals surface area contributed by atoms with Crippen LogP contribution in [0, 0.1) is 11.8 Å². The molecule has 0 bridgehead atoms. The fourth-order valence-corrected chi connectivity index (χ4v) is 3.04. The molecule has 2 rings (SSSR count). The number of carboxylic acids is 1. The average Bonchev–Trinajstić information content (AvgIpc) is 2.64. The second-order valence-electron chi connectivity index (χ2n) is 4.96. The van der Waals surface area contributed by atoms with E-state index in [4.69, 9.17) is 5.11 Å². The SMILES string of the molecule is CC1CC(C)CN(Cc2nsc(C(=O)O)n2)C1. The normalized spacial score (nSPS) is 26.0. The predicted octanol–water partition coefficient (Wildman–Crippen LogP) is 1.71. The van der Waals surface area contributed by atoms with Crippen molar-refractivity contribution in [2.75, 3.05) is 13.1 Å². The summed E-state index contributed by atoms with van der Waals surface area (Å²) in [5.74, 6) is 1.02. The molecule has 1 aromatic heterocycles. The lowest BCUT2D eigenvalue weighted by Gasteiger charge is -2.34. The van der Waals surface area contributed by atoms with Gasteiger partial charge in [0.15, 0.2) is 5.82 Å². The highest BCUT2D eigenvalue weighted by Gasteiger charge is 2.23. The van der Waals surface area contributed by atoms with E-state index in [1.165, 1.54) is 6.42 Å². The van der Waals surface area contributed by atoms with Crippen LogP contribution in [0.25, 0.3) is 0 Å². The van der Waals surface area contributed by atoms with Gasteiger partial charge in [0.2, 0.25) is 5.01 Å². The Morgan fingerprint density at radius 3 is 2.65 bits per heavy atom. The molecular formula is C11H17N3O2S. The number of hydrogen-bond donors (Lipinski definition) is 1. The van der Waals surface area contributed by atoms with E-state index in [1.54, 1.807) is 0 Å². The maximum atomic E-state index is 10.7. The number of nitrogens with zero attached hydrogens (tertiary/aromatic N) is 3. The third-order valence-electron chi connectivity index (χ3n) is 2.96. The van der Waals surface area contributed by atoms with Crippen molar-refractivity contribution in [1.82, 2.24) is 14.3 Å². The Bertz CT molecular complexity index is 397. The summed E-state index contributed by atoms with van der Waals surface area (Å²) in [6.45, 7) is 7.26. The predicted molar refractivity (Wildman–Crippen MR) is 65.1 cm³/mol. The zero-order valence-corrected chi connectivity index (χ0v) is 10.9. The molecule has 2 heterocycles. The van der Waals surface area contributed by atoms with E-state index >= 15 is 0 Å². The van der Waals surface area contributed by atoms with Gasteiger partial charge in [0.25, 0.3) is 0 Å². The fourth-order valence-electron chi connectivity index (χ4n) is 2.53. The van der Waals surface area contributed by atoms with Crippen LogP contribution < -0.4 is 0 Å². The number of aromatic carboxylic acids is 1. The summed E-state index contributed by atoms with van der Waals surface area (Å²) in [4.78, 5) is 17.0. The molecule has 1 N–H and O–H groups in total. The Kier molecular flexibility index (Phi) is 3.73. The van der Waals surface area contributed by atoms with Gasteiger partial charge in [-0.1, -0.05) is 13.8 Å². The molecule has 1 aliphatic heterocycles. The summed E-state index contributed by atoms with van der Waals surface area (Å²) in [6, 6.07) is 0. The Hall–Kier alpha value is -1.01. The Balaban J connectivity index is 1.97. The molecule has 0 amide bonds. The Morgan fingerprint density at radius 2 is 2.12 bits per heavy atom. The molecule has 1 aliphatic rings. The molecule has 1 fully saturated rings. The molecule has 2 atom stereocenters. The number of aromatic nitrogens is 2. The Labute approximate surface area is 105 Å². The zero-order valence-electron chi connectivity index (χ0n) is 10.1. The van der Waals surface area contributed by atoms with Crippen molar-refractivity contribution in [3.63, 3.8) is 0 Å². The van der Waals surface area contributed by atoms with Crippen LogP contribution in [0.2, 0.25) is 0 Å². The van der Waals surface area contributed by atoms with Crippen molar-refractivity contribution in [3.05, 3.63) is 10.8 Å². The van der Waals surface area contributed by atoms with Crippen molar-refractivity contribution in [3.8, 4) is 0 Å². The molecule has 17 heavy (non-hydrogen) atoms. The molecule has 1 saturated heterocycles. The van der Waals surface area contributed by atoms with Gasteiger partial charge in [0.05, 0.1) is 6.54 Å². The minimum absolute atomic E-state index is 0.0816. The molecule has 0 aromatic carbocycles. The molecule has 0 saturated carbocycles. The van der Waals surface area contributed by atoms with Crippen molar-refractivity contribution in [2.24, 2.45) is 11.8 Å². The van der Waals surface area contributed by atoms with Crippen molar-refractivity contribution < 1.29 is 9.90 Å². The van der Waals surface area contributed by atoms with E-state index in [9.17, 15) is 4.79 Å². The first-order valence-electron chi connectivity index (χ1n) is 5.83. The van der Waals surface area contributed by atoms with Crippen molar-refractivity contribution >= 4 is 17.5 Å². The monoisotopic (exact) mass is 255 g/mol. The van der Waals surface area contributed by atoms with Gasteiger partial charge in [-0.3, -0.25) is 4.90 Å². The first-order valence-corrected chi connectivity index (χ1v) is 6.60. The van der Waals surface area contributed by atoms with Gasteiger partial charge in [-0.05, 0) is 29.8 Å². The Morgan fingerprint density at radius 1 is 1.47 bits per heavy atom. The minimum Gasteiger partial charge on any atom is -0.476 e. The number of piperidine rings is 1. The van der Waals surface area contributed by atoms with Gasteiger partial charge in [0.1, 0.15) is 0 Å². The minimum atomic E-state index is -0.992. The van der Waals surface area contributed by atoms with E-state index < -0.39 is 5.97 Å². The molecule has 5 nitrogen and oxygen atoms in total. The number of carbonyl (C=O) groups is 1. The summed E-state index contributed by atoms with van der Waals surface area (Å²) in [6.07, 6.45) is 1.27. The van der Waals surface area contributed by atoms with Crippen LogP contribution in [0.15, 0.2) is 0 Å². The largest absolute Gasteiger partial charge is 0.476 e. The first-order chi connectivity index (χ1) is 8.04. The van der Waals surface area contributed by atoms with Crippen molar-refractivity contribution in [2.45, 2.75) is 26.8 Å². The molecular weight excluding hydrogens is 238 g/mol. The van der Waals surface area contributed by atoms with Crippen molar-refractivity contribution in [1.29, 1.82) is 0 Å². The van der Waals surface area contributed by atoms with Gasteiger partial charge in [-0.25, -0.2) is 9.78 Å². The van der Waals surface area contributed by atoms with Crippen LogP contribution in [0.5, 0.6) is 0 Å². The van der Waals surface area contributed by atoms with Crippen LogP contribution >= 0.6 is 11.5 Å². The second-order valence-corrected chi connectivity index (χ2v) is 5.71. The summed E-state index contributed by atoms with van der Waals surface area (Å²) >= 11 is 0.961. The van der Waals surface area contributed by atoms with E-state index in [-0.39, 0.29) is 5.01 Å². The van der Waals surface area contributed by atoms with Crippen LogP contribution in [-0.4, -0.2) is 38.4 Å². The number of likely N-dealkylation sites (tertiary alicyclic amines) is 1. The second kappa shape index (κ2) is 5.10. The molecule has 2 unspecified atom stereocenters. The summed E-state index contributed by atoms with van der Waals surface area (Å²) in [5, 5.41) is 8.86. The number of rotatable bonds is 3. The highest BCUT2D eigenvalue weighted by Crippen LogP contribution is 2.22. The number of hydrogen-bond acceptors (Lipinski definition) is 5. The summed E-state index contributed by atoms with van der Waals surface area (Å²) in [5.41, 5.74) is 0. The molecule has 0 aliphatic carbocycles. The number of carboxylic acid groups (broad SMARTS) is 1. The van der Waals surface area contributed by atoms with Gasteiger partial charge < -0.3 is 5.11 Å². The maximum absolute atomic E-state index is 10.7. The lowest BCUT2D eigenvalue weighted by molar-refractivity contribution is 0.0695. The fraction of sp³-hybridized carbons (Fsp3) is 0.727. The van der Waals surface area contributed by atoms with Crippen LogP contribution in [0.4, 0.5) is 0 Å². The highest BCUT2D eigenvalue weighted by molar-refractivity contribution is 7.07. The van der Waals surface area contributed by atoms with Crippen LogP contribution in [-0.2, 0) is 6.54 Å². The third-order valence-corrected chi connectivity index (χ3v) is 3.70. The van der Waals surface area contributed by atoms with Crippen LogP contribution in [0.1, 0.15) is 35.9 Å². The standard InChI is InChI=1S/C11H17N3O2S/c1-7-3-8(2)5-14(4-7)6-9-12-10(11(15)16)17-13-9/h7-8H,3-6H2,1-2H3,(H,15,16). The van der Waals surface area contributed by atoms with E-state index in [0.717, 1.165) is 24.6 Å². The topological polar surface area (TPSA) is 66.3 Å². The van der Waals surface area contributed by atoms with Gasteiger partial charge in [-0.15, -0.1) is 0 Å². The molecule has 94 valence electrons. The van der Waals surface area contributed by atoms with Gasteiger partial charge in [-0.2, -0.15) is 4.37 Å². The summed E-state index contributed by atoms with van der Waals surface area (Å²) < 4.78 is 4.09. The van der Waals surface area contributed by atoms with Gasteiger partial charge >= 0.3 is 5.97 Å². The molecule has 1 aromatic rings. The maximum Gasteiger partial charge on any atom is 0.366 e. The average molecular weight is 255 g/mol. The third kappa shape index (κ3) is 3.23. The summed E-state index contributed by atoms with van der Waals surface area (Å²) in [7, 11) is 0.